The first kappa shape index (κ1) is 23.0. The fourth-order valence-corrected chi connectivity index (χ4v) is 3.21. The topological polar surface area (TPSA) is 80.3 Å². The molecule has 0 aliphatic carbocycles. The maximum Gasteiger partial charge on any atom is 0.408 e. The van der Waals surface area contributed by atoms with Crippen molar-refractivity contribution in [3.63, 3.8) is 0 Å². The molecule has 2 atom stereocenters. The summed E-state index contributed by atoms with van der Waals surface area (Å²) in [4.78, 5) is 3.68. The van der Waals surface area contributed by atoms with Crippen LogP contribution in [-0.2, 0) is 16.6 Å². The van der Waals surface area contributed by atoms with Crippen molar-refractivity contribution < 1.29 is 30.7 Å². The molecule has 0 spiro atoms. The lowest BCUT2D eigenvalue weighted by Crippen LogP contribution is -2.37. The van der Waals surface area contributed by atoms with Gasteiger partial charge in [0, 0.05) is 19.2 Å². The average Bonchev–Trinajstić information content (AvgIpc) is 2.59. The van der Waals surface area contributed by atoms with Crippen LogP contribution in [0.1, 0.15) is 24.1 Å². The average molecular weight is 435 g/mol. The standard InChI is InChI=1S/C18H21F4N3O3S/c1-12(28-16-7-15(19)10-24-11-16)8-23-9-13-3-5-14(6-4-13)17(18(20,21)22)25-29(2,26)27/h3-7,10-12,17,23,25H,8-9H2,1-2H3/t12-,17+/m1/s1. The molecule has 0 radical (unpaired) electrons. The number of nitrogens with one attached hydrogen (secondary N) is 2. The van der Waals surface area contributed by atoms with Crippen molar-refractivity contribution in [2.75, 3.05) is 12.8 Å². The zero-order chi connectivity index (χ0) is 21.7. The molecule has 0 aliphatic heterocycles. The molecular formula is C18H21F4N3O3S. The van der Waals surface area contributed by atoms with Gasteiger partial charge in [0.15, 0.2) is 0 Å². The summed E-state index contributed by atoms with van der Waals surface area (Å²) >= 11 is 0. The third-order valence-corrected chi connectivity index (χ3v) is 4.41. The van der Waals surface area contributed by atoms with E-state index in [0.717, 1.165) is 6.20 Å². The summed E-state index contributed by atoms with van der Waals surface area (Å²) in [6, 6.07) is 4.31. The molecule has 11 heteroatoms. The molecule has 0 aliphatic rings. The van der Waals surface area contributed by atoms with E-state index in [1.807, 2.05) is 0 Å². The van der Waals surface area contributed by atoms with E-state index in [4.69, 9.17) is 4.74 Å². The second-order valence-corrected chi connectivity index (χ2v) is 8.28. The first-order valence-corrected chi connectivity index (χ1v) is 10.4. The van der Waals surface area contributed by atoms with E-state index in [-0.39, 0.29) is 11.7 Å². The highest BCUT2D eigenvalue weighted by Gasteiger charge is 2.42. The minimum Gasteiger partial charge on any atom is -0.488 e. The Kier molecular flexibility index (Phi) is 7.55. The second-order valence-electron chi connectivity index (χ2n) is 6.50. The summed E-state index contributed by atoms with van der Waals surface area (Å²) in [6.45, 7) is 2.52. The van der Waals surface area contributed by atoms with Crippen LogP contribution >= 0.6 is 0 Å². The first-order valence-electron chi connectivity index (χ1n) is 8.55. The molecule has 0 saturated carbocycles. The molecule has 1 heterocycles. The van der Waals surface area contributed by atoms with Crippen molar-refractivity contribution in [3.8, 4) is 5.75 Å². The van der Waals surface area contributed by atoms with Crippen molar-refractivity contribution >= 4 is 10.0 Å². The molecule has 29 heavy (non-hydrogen) atoms. The molecule has 0 bridgehead atoms. The van der Waals surface area contributed by atoms with Gasteiger partial charge in [-0.2, -0.15) is 17.9 Å². The second kappa shape index (κ2) is 9.51. The maximum absolute atomic E-state index is 13.2. The third-order valence-electron chi connectivity index (χ3n) is 3.75. The number of halogens is 4. The molecule has 1 aromatic heterocycles. The van der Waals surface area contributed by atoms with Gasteiger partial charge in [-0.05, 0) is 18.1 Å². The van der Waals surface area contributed by atoms with Gasteiger partial charge in [0.1, 0.15) is 23.7 Å². The van der Waals surface area contributed by atoms with Crippen LogP contribution in [0.4, 0.5) is 17.6 Å². The number of pyridine rings is 1. The fraction of sp³-hybridized carbons (Fsp3) is 0.389. The van der Waals surface area contributed by atoms with Crippen LogP contribution in [0, 0.1) is 5.82 Å². The van der Waals surface area contributed by atoms with E-state index < -0.39 is 28.1 Å². The lowest BCUT2D eigenvalue weighted by atomic mass is 10.1. The number of rotatable bonds is 9. The Balaban J connectivity index is 1.91. The van der Waals surface area contributed by atoms with Crippen molar-refractivity contribution in [3.05, 3.63) is 59.7 Å². The molecule has 2 rings (SSSR count). The van der Waals surface area contributed by atoms with E-state index in [9.17, 15) is 26.0 Å². The number of benzene rings is 1. The van der Waals surface area contributed by atoms with Crippen LogP contribution in [0.2, 0.25) is 0 Å². The Morgan fingerprint density at radius 1 is 1.17 bits per heavy atom. The molecule has 6 nitrogen and oxygen atoms in total. The number of aromatic nitrogens is 1. The molecule has 2 aromatic rings. The van der Waals surface area contributed by atoms with Gasteiger partial charge >= 0.3 is 6.18 Å². The Labute approximate surface area is 166 Å². The Bertz CT molecular complexity index is 905. The highest BCUT2D eigenvalue weighted by Crippen LogP contribution is 2.33. The van der Waals surface area contributed by atoms with Crippen LogP contribution in [0.15, 0.2) is 42.7 Å². The molecule has 0 fully saturated rings. The Morgan fingerprint density at radius 3 is 2.38 bits per heavy atom. The molecule has 2 N–H and O–H groups in total. The molecule has 0 amide bonds. The number of hydrogen-bond donors (Lipinski definition) is 2. The zero-order valence-corrected chi connectivity index (χ0v) is 16.5. The fourth-order valence-electron chi connectivity index (χ4n) is 2.52. The smallest absolute Gasteiger partial charge is 0.408 e. The number of sulfonamides is 1. The van der Waals surface area contributed by atoms with Gasteiger partial charge in [-0.3, -0.25) is 4.98 Å². The van der Waals surface area contributed by atoms with E-state index in [1.54, 1.807) is 11.6 Å². The van der Waals surface area contributed by atoms with Gasteiger partial charge in [-0.15, -0.1) is 0 Å². The van der Waals surface area contributed by atoms with Crippen molar-refractivity contribution in [2.24, 2.45) is 0 Å². The first-order chi connectivity index (χ1) is 13.4. The van der Waals surface area contributed by atoms with Crippen LogP contribution < -0.4 is 14.8 Å². The Morgan fingerprint density at radius 2 is 1.83 bits per heavy atom. The summed E-state index contributed by atoms with van der Waals surface area (Å²) in [5.74, 6) is -0.217. The Hall–Kier alpha value is -2.24. The van der Waals surface area contributed by atoms with Crippen molar-refractivity contribution in [2.45, 2.75) is 31.8 Å². The zero-order valence-electron chi connectivity index (χ0n) is 15.7. The van der Waals surface area contributed by atoms with Crippen molar-refractivity contribution in [1.29, 1.82) is 0 Å². The van der Waals surface area contributed by atoms with E-state index in [1.165, 1.54) is 36.5 Å². The lowest BCUT2D eigenvalue weighted by molar-refractivity contribution is -0.153. The molecule has 1 aromatic carbocycles. The van der Waals surface area contributed by atoms with Gasteiger partial charge in [0.05, 0.1) is 18.6 Å². The minimum absolute atomic E-state index is 0.206. The SMILES string of the molecule is C[C@H](CNCc1ccc([C@H](NS(C)(=O)=O)C(F)(F)F)cc1)Oc1cncc(F)c1. The minimum atomic E-state index is -4.76. The number of nitrogens with zero attached hydrogens (tertiary/aromatic N) is 1. The highest BCUT2D eigenvalue weighted by molar-refractivity contribution is 7.88. The summed E-state index contributed by atoms with van der Waals surface area (Å²) in [5, 5.41) is 3.08. The van der Waals surface area contributed by atoms with Gasteiger partial charge in [-0.1, -0.05) is 24.3 Å². The van der Waals surface area contributed by atoms with Crippen LogP contribution in [0.3, 0.4) is 0 Å². The highest BCUT2D eigenvalue weighted by atomic mass is 32.2. The number of alkyl halides is 3. The van der Waals surface area contributed by atoms with Crippen LogP contribution in [-0.4, -0.2) is 38.5 Å². The largest absolute Gasteiger partial charge is 0.488 e. The van der Waals surface area contributed by atoms with Gasteiger partial charge in [0.2, 0.25) is 10.0 Å². The predicted octanol–water partition coefficient (Wildman–Crippen LogP) is 2.93. The third kappa shape index (κ3) is 7.95. The quantitative estimate of drug-likeness (QED) is 0.592. The van der Waals surface area contributed by atoms with Crippen LogP contribution in [0.25, 0.3) is 0 Å². The van der Waals surface area contributed by atoms with E-state index in [0.29, 0.717) is 30.7 Å². The van der Waals surface area contributed by atoms with Gasteiger partial charge in [-0.25, -0.2) is 12.8 Å². The van der Waals surface area contributed by atoms with E-state index in [2.05, 4.69) is 10.3 Å². The summed E-state index contributed by atoms with van der Waals surface area (Å²) in [5.41, 5.74) is 0.496. The van der Waals surface area contributed by atoms with Crippen LogP contribution in [0.5, 0.6) is 5.75 Å². The molecular weight excluding hydrogens is 414 g/mol. The monoisotopic (exact) mass is 435 g/mol. The predicted molar refractivity (Wildman–Crippen MR) is 99.2 cm³/mol. The number of ether oxygens (including phenoxy) is 1. The number of hydrogen-bond acceptors (Lipinski definition) is 5. The van der Waals surface area contributed by atoms with E-state index >= 15 is 0 Å². The lowest BCUT2D eigenvalue weighted by Gasteiger charge is -2.21. The van der Waals surface area contributed by atoms with Gasteiger partial charge in [0.25, 0.3) is 0 Å². The van der Waals surface area contributed by atoms with Crippen molar-refractivity contribution in [1.82, 2.24) is 15.0 Å². The molecule has 0 saturated heterocycles. The molecule has 160 valence electrons. The molecule has 0 unspecified atom stereocenters. The maximum atomic E-state index is 13.2. The summed E-state index contributed by atoms with van der Waals surface area (Å²) < 4.78 is 82.1. The summed E-state index contributed by atoms with van der Waals surface area (Å²) in [7, 11) is -4.04. The normalized spacial score (nSPS) is 14.4. The summed E-state index contributed by atoms with van der Waals surface area (Å²) in [6.07, 6.45) is -1.94. The van der Waals surface area contributed by atoms with Gasteiger partial charge < -0.3 is 10.1 Å².